The number of aromatic nitrogens is 1. The third-order valence-corrected chi connectivity index (χ3v) is 4.11. The first-order valence-corrected chi connectivity index (χ1v) is 7.69. The van der Waals surface area contributed by atoms with E-state index in [1.807, 2.05) is 11.0 Å². The van der Waals surface area contributed by atoms with Gasteiger partial charge in [-0.1, -0.05) is 12.1 Å². The molecule has 1 aliphatic heterocycles. The van der Waals surface area contributed by atoms with Crippen LogP contribution < -0.4 is 4.90 Å². The van der Waals surface area contributed by atoms with Crippen molar-refractivity contribution in [2.24, 2.45) is 0 Å². The van der Waals surface area contributed by atoms with Crippen LogP contribution in [-0.2, 0) is 4.79 Å². The number of anilines is 1. The lowest BCUT2D eigenvalue weighted by Gasteiger charge is -2.27. The van der Waals surface area contributed by atoms with E-state index in [0.29, 0.717) is 37.4 Å². The fourth-order valence-electron chi connectivity index (χ4n) is 2.73. The monoisotopic (exact) mass is 325 g/mol. The number of carbonyl (C=O) groups excluding carboxylic acids is 1. The van der Waals surface area contributed by atoms with Crippen molar-refractivity contribution >= 4 is 11.6 Å². The molecule has 1 N–H and O–H groups in total. The molecule has 1 aliphatic rings. The summed E-state index contributed by atoms with van der Waals surface area (Å²) in [6, 6.07) is 11.0. The number of aliphatic hydroxyl groups excluding tert-OH is 1. The van der Waals surface area contributed by atoms with E-state index in [4.69, 9.17) is 5.26 Å². The number of pyridine rings is 1. The third-order valence-electron chi connectivity index (χ3n) is 4.11. The number of aliphatic hydroxyl groups is 1. The summed E-state index contributed by atoms with van der Waals surface area (Å²) in [4.78, 5) is 17.7. The van der Waals surface area contributed by atoms with Gasteiger partial charge in [-0.05, 0) is 24.3 Å². The highest BCUT2D eigenvalue weighted by Crippen LogP contribution is 2.26. The molecule has 24 heavy (non-hydrogen) atoms. The lowest BCUT2D eigenvalue weighted by Crippen LogP contribution is -2.34. The quantitative estimate of drug-likeness (QED) is 0.937. The predicted molar refractivity (Wildman–Crippen MR) is 85.9 cm³/mol. The Balaban J connectivity index is 1.86. The Hall–Kier alpha value is -2.78. The fourth-order valence-corrected chi connectivity index (χ4v) is 2.73. The number of halogens is 1. The molecule has 1 aromatic carbocycles. The minimum atomic E-state index is -1.22. The van der Waals surface area contributed by atoms with E-state index in [1.54, 1.807) is 18.2 Å². The van der Waals surface area contributed by atoms with Crippen molar-refractivity contribution < 1.29 is 14.3 Å². The SMILES string of the molecule is N#Cc1ccc(C(O)c2cccc(N3CCC(=O)CC3)n2)c(F)c1. The van der Waals surface area contributed by atoms with Gasteiger partial charge in [0.05, 0.1) is 17.3 Å². The molecule has 2 aromatic rings. The Morgan fingerprint density at radius 1 is 1.25 bits per heavy atom. The van der Waals surface area contributed by atoms with E-state index in [1.165, 1.54) is 12.1 Å². The maximum absolute atomic E-state index is 14.1. The number of benzene rings is 1. The van der Waals surface area contributed by atoms with Gasteiger partial charge in [-0.2, -0.15) is 5.26 Å². The molecule has 122 valence electrons. The molecule has 0 radical (unpaired) electrons. The van der Waals surface area contributed by atoms with Gasteiger partial charge in [0.15, 0.2) is 0 Å². The summed E-state index contributed by atoms with van der Waals surface area (Å²) in [5.41, 5.74) is 0.601. The molecule has 2 heterocycles. The number of carbonyl (C=O) groups is 1. The van der Waals surface area contributed by atoms with Crippen LogP contribution in [0.3, 0.4) is 0 Å². The van der Waals surface area contributed by atoms with Crippen LogP contribution in [0, 0.1) is 17.1 Å². The average Bonchev–Trinajstić information content (AvgIpc) is 2.61. The second-order valence-electron chi connectivity index (χ2n) is 5.70. The number of hydrogen-bond donors (Lipinski definition) is 1. The minimum absolute atomic E-state index is 0.0764. The first kappa shape index (κ1) is 16.1. The Labute approximate surface area is 139 Å². The van der Waals surface area contributed by atoms with Crippen molar-refractivity contribution in [3.63, 3.8) is 0 Å². The van der Waals surface area contributed by atoms with Crippen molar-refractivity contribution in [1.29, 1.82) is 5.26 Å². The molecule has 1 atom stereocenters. The van der Waals surface area contributed by atoms with Crippen LogP contribution in [0.4, 0.5) is 10.2 Å². The maximum atomic E-state index is 14.1. The van der Waals surface area contributed by atoms with Crippen LogP contribution in [-0.4, -0.2) is 29.0 Å². The standard InChI is InChI=1S/C18H16FN3O2/c19-15-10-12(11-20)4-5-14(15)18(24)16-2-1-3-17(21-16)22-8-6-13(23)7-9-22/h1-5,10,18,24H,6-9H2. The van der Waals surface area contributed by atoms with Gasteiger partial charge in [0.1, 0.15) is 23.5 Å². The highest BCUT2D eigenvalue weighted by Gasteiger charge is 2.20. The zero-order chi connectivity index (χ0) is 17.1. The first-order chi connectivity index (χ1) is 11.6. The van der Waals surface area contributed by atoms with Crippen LogP contribution in [0.25, 0.3) is 0 Å². The van der Waals surface area contributed by atoms with Gasteiger partial charge in [-0.25, -0.2) is 9.37 Å². The highest BCUT2D eigenvalue weighted by molar-refractivity contribution is 5.80. The molecule has 0 aliphatic carbocycles. The zero-order valence-electron chi connectivity index (χ0n) is 12.9. The minimum Gasteiger partial charge on any atom is -0.382 e. The Bertz CT molecular complexity index is 806. The summed E-state index contributed by atoms with van der Waals surface area (Å²) in [5.74, 6) is 0.257. The van der Waals surface area contributed by atoms with Crippen molar-refractivity contribution in [3.8, 4) is 6.07 Å². The van der Waals surface area contributed by atoms with Gasteiger partial charge in [-0.15, -0.1) is 0 Å². The zero-order valence-corrected chi connectivity index (χ0v) is 12.9. The number of piperidine rings is 1. The third kappa shape index (κ3) is 3.26. The van der Waals surface area contributed by atoms with Crippen LogP contribution in [0.1, 0.15) is 35.8 Å². The molecule has 1 saturated heterocycles. The van der Waals surface area contributed by atoms with E-state index in [-0.39, 0.29) is 16.9 Å². The molecule has 6 heteroatoms. The predicted octanol–water partition coefficient (Wildman–Crippen LogP) is 2.34. The molecule has 0 saturated carbocycles. The van der Waals surface area contributed by atoms with E-state index in [0.717, 1.165) is 6.07 Å². The molecule has 0 amide bonds. The second-order valence-corrected chi connectivity index (χ2v) is 5.70. The molecule has 0 bridgehead atoms. The van der Waals surface area contributed by atoms with E-state index in [9.17, 15) is 14.3 Å². The van der Waals surface area contributed by atoms with Crippen LogP contribution in [0.5, 0.6) is 0 Å². The molecule has 1 aromatic heterocycles. The second kappa shape index (κ2) is 6.77. The van der Waals surface area contributed by atoms with Gasteiger partial charge >= 0.3 is 0 Å². The summed E-state index contributed by atoms with van der Waals surface area (Å²) in [5, 5.41) is 19.2. The molecule has 0 spiro atoms. The molecule has 1 unspecified atom stereocenters. The van der Waals surface area contributed by atoms with Gasteiger partial charge in [-0.3, -0.25) is 4.79 Å². The molecule has 1 fully saturated rings. The van der Waals surface area contributed by atoms with Gasteiger partial charge in [0, 0.05) is 31.5 Å². The van der Waals surface area contributed by atoms with Crippen molar-refractivity contribution in [2.45, 2.75) is 18.9 Å². The van der Waals surface area contributed by atoms with Gasteiger partial charge < -0.3 is 10.0 Å². The lowest BCUT2D eigenvalue weighted by atomic mass is 10.0. The topological polar surface area (TPSA) is 77.2 Å². The number of nitriles is 1. The van der Waals surface area contributed by atoms with Crippen molar-refractivity contribution in [1.82, 2.24) is 4.98 Å². The smallest absolute Gasteiger partial charge is 0.136 e. The van der Waals surface area contributed by atoms with Crippen LogP contribution in [0.2, 0.25) is 0 Å². The maximum Gasteiger partial charge on any atom is 0.136 e. The number of ketones is 1. The fraction of sp³-hybridized carbons (Fsp3) is 0.278. The van der Waals surface area contributed by atoms with Crippen LogP contribution in [0.15, 0.2) is 36.4 Å². The summed E-state index contributed by atoms with van der Waals surface area (Å²) in [7, 11) is 0. The Morgan fingerprint density at radius 2 is 2.00 bits per heavy atom. The summed E-state index contributed by atoms with van der Waals surface area (Å²) in [6.07, 6.45) is -0.249. The average molecular weight is 325 g/mol. The van der Waals surface area contributed by atoms with Gasteiger partial charge in [0.25, 0.3) is 0 Å². The van der Waals surface area contributed by atoms with Crippen molar-refractivity contribution in [2.75, 3.05) is 18.0 Å². The molecule has 3 rings (SSSR count). The number of hydrogen-bond acceptors (Lipinski definition) is 5. The Morgan fingerprint density at radius 3 is 2.67 bits per heavy atom. The largest absolute Gasteiger partial charge is 0.382 e. The van der Waals surface area contributed by atoms with E-state index >= 15 is 0 Å². The Kier molecular flexibility index (Phi) is 4.54. The van der Waals surface area contributed by atoms with E-state index in [2.05, 4.69) is 4.98 Å². The lowest BCUT2D eigenvalue weighted by molar-refractivity contribution is -0.119. The molecule has 5 nitrogen and oxygen atoms in total. The van der Waals surface area contributed by atoms with E-state index < -0.39 is 11.9 Å². The summed E-state index contributed by atoms with van der Waals surface area (Å²) >= 11 is 0. The summed E-state index contributed by atoms with van der Waals surface area (Å²) in [6.45, 7) is 1.19. The number of nitrogens with zero attached hydrogens (tertiary/aromatic N) is 3. The van der Waals surface area contributed by atoms with Crippen molar-refractivity contribution in [3.05, 3.63) is 59.0 Å². The molecular weight excluding hydrogens is 309 g/mol. The molecular formula is C18H16FN3O2. The van der Waals surface area contributed by atoms with Gasteiger partial charge in [0.2, 0.25) is 0 Å². The first-order valence-electron chi connectivity index (χ1n) is 7.69. The normalized spacial score (nSPS) is 15.9. The summed E-state index contributed by atoms with van der Waals surface area (Å²) < 4.78 is 14.1. The number of Topliss-reactive ketones (excluding diaryl/α,β-unsaturated/α-hetero) is 1. The highest BCUT2D eigenvalue weighted by atomic mass is 19.1. The number of rotatable bonds is 3. The van der Waals surface area contributed by atoms with Crippen LogP contribution >= 0.6 is 0 Å².